The van der Waals surface area contributed by atoms with Crippen LogP contribution in [0.25, 0.3) is 0 Å². The fraction of sp³-hybridized carbons (Fsp3) is 0.267. The first kappa shape index (κ1) is 18.7. The summed E-state index contributed by atoms with van der Waals surface area (Å²) >= 11 is 7.28. The number of hydrogen-bond acceptors (Lipinski definition) is 5. The predicted molar refractivity (Wildman–Crippen MR) is 94.4 cm³/mol. The Morgan fingerprint density at radius 1 is 1.33 bits per heavy atom. The van der Waals surface area contributed by atoms with E-state index in [0.717, 1.165) is 4.88 Å². The summed E-state index contributed by atoms with van der Waals surface area (Å²) in [6.07, 6.45) is 0. The average Bonchev–Trinajstić information content (AvgIpc) is 2.98. The number of halogens is 1. The van der Waals surface area contributed by atoms with E-state index in [2.05, 4.69) is 4.72 Å². The van der Waals surface area contributed by atoms with Crippen LogP contribution >= 0.6 is 22.9 Å². The van der Waals surface area contributed by atoms with Crippen molar-refractivity contribution in [2.24, 2.45) is 0 Å². The molecule has 24 heavy (non-hydrogen) atoms. The van der Waals surface area contributed by atoms with Gasteiger partial charge in [0.2, 0.25) is 10.0 Å². The molecule has 1 heterocycles. The Morgan fingerprint density at radius 3 is 2.58 bits per heavy atom. The van der Waals surface area contributed by atoms with Gasteiger partial charge in [0.1, 0.15) is 10.6 Å². The standard InChI is InChI=1S/C15H17ClN2O4S2/c1-17-24(20,21)13-8-10(4-6-12(13)22-3)15(19)18(2)9-11-5-7-14(16)23-11/h4-8,17H,9H2,1-3H3. The first-order valence-electron chi connectivity index (χ1n) is 6.89. The van der Waals surface area contributed by atoms with E-state index in [0.29, 0.717) is 10.9 Å². The molecule has 0 bridgehead atoms. The molecule has 1 aromatic heterocycles. The highest BCUT2D eigenvalue weighted by atomic mass is 35.5. The highest BCUT2D eigenvalue weighted by Crippen LogP contribution is 2.26. The second-order valence-corrected chi connectivity index (χ2v) is 8.59. The molecule has 2 rings (SSSR count). The summed E-state index contributed by atoms with van der Waals surface area (Å²) in [6.45, 7) is 0.385. The van der Waals surface area contributed by atoms with Gasteiger partial charge in [0, 0.05) is 17.5 Å². The highest BCUT2D eigenvalue weighted by molar-refractivity contribution is 7.89. The van der Waals surface area contributed by atoms with Crippen LogP contribution in [-0.4, -0.2) is 40.4 Å². The number of carbonyl (C=O) groups is 1. The van der Waals surface area contributed by atoms with E-state index in [9.17, 15) is 13.2 Å². The molecule has 0 unspecified atom stereocenters. The maximum atomic E-state index is 12.6. The number of ether oxygens (including phenoxy) is 1. The Morgan fingerprint density at radius 2 is 2.04 bits per heavy atom. The van der Waals surface area contributed by atoms with Gasteiger partial charge in [-0.15, -0.1) is 11.3 Å². The highest BCUT2D eigenvalue weighted by Gasteiger charge is 2.21. The lowest BCUT2D eigenvalue weighted by Crippen LogP contribution is -2.26. The topological polar surface area (TPSA) is 75.7 Å². The summed E-state index contributed by atoms with van der Waals surface area (Å²) in [7, 11) is 0.581. The number of rotatable bonds is 6. The second-order valence-electron chi connectivity index (χ2n) is 4.94. The van der Waals surface area contributed by atoms with Crippen molar-refractivity contribution >= 4 is 38.9 Å². The van der Waals surface area contributed by atoms with Crippen molar-refractivity contribution in [3.8, 4) is 5.75 Å². The number of hydrogen-bond donors (Lipinski definition) is 1. The van der Waals surface area contributed by atoms with E-state index in [1.54, 1.807) is 13.1 Å². The molecule has 0 saturated carbocycles. The van der Waals surface area contributed by atoms with E-state index in [1.165, 1.54) is 48.6 Å². The molecule has 0 fully saturated rings. The fourth-order valence-corrected chi connectivity index (χ4v) is 4.15. The van der Waals surface area contributed by atoms with E-state index in [4.69, 9.17) is 16.3 Å². The first-order chi connectivity index (χ1) is 11.3. The van der Waals surface area contributed by atoms with Gasteiger partial charge in [0.15, 0.2) is 0 Å². The molecule has 0 aliphatic rings. The van der Waals surface area contributed by atoms with Crippen LogP contribution in [0.2, 0.25) is 4.34 Å². The number of nitrogens with zero attached hydrogens (tertiary/aromatic N) is 1. The lowest BCUT2D eigenvalue weighted by Gasteiger charge is -2.17. The zero-order valence-electron chi connectivity index (χ0n) is 13.4. The monoisotopic (exact) mass is 388 g/mol. The quantitative estimate of drug-likeness (QED) is 0.825. The van der Waals surface area contributed by atoms with Gasteiger partial charge in [0.25, 0.3) is 5.91 Å². The number of benzene rings is 1. The molecule has 130 valence electrons. The number of carbonyl (C=O) groups excluding carboxylic acids is 1. The van der Waals surface area contributed by atoms with Crippen LogP contribution in [0, 0.1) is 0 Å². The van der Waals surface area contributed by atoms with Gasteiger partial charge in [-0.2, -0.15) is 0 Å². The van der Waals surface area contributed by atoms with E-state index in [-0.39, 0.29) is 22.1 Å². The van der Waals surface area contributed by atoms with E-state index < -0.39 is 10.0 Å². The zero-order chi connectivity index (χ0) is 17.9. The third-order valence-corrected chi connectivity index (χ3v) is 5.99. The van der Waals surface area contributed by atoms with Crippen molar-refractivity contribution in [1.29, 1.82) is 0 Å². The maximum Gasteiger partial charge on any atom is 0.253 e. The van der Waals surface area contributed by atoms with Gasteiger partial charge in [0.05, 0.1) is 18.0 Å². The van der Waals surface area contributed by atoms with Crippen molar-refractivity contribution in [2.45, 2.75) is 11.4 Å². The molecular weight excluding hydrogens is 372 g/mol. The van der Waals surface area contributed by atoms with Crippen LogP contribution in [0.5, 0.6) is 5.75 Å². The van der Waals surface area contributed by atoms with Crippen LogP contribution in [0.4, 0.5) is 0 Å². The number of methoxy groups -OCH3 is 1. The summed E-state index contributed by atoms with van der Waals surface area (Å²) in [6, 6.07) is 7.93. The zero-order valence-corrected chi connectivity index (χ0v) is 15.8. The Hall–Kier alpha value is -1.61. The molecule has 9 heteroatoms. The maximum absolute atomic E-state index is 12.6. The average molecular weight is 389 g/mol. The van der Waals surface area contributed by atoms with E-state index in [1.807, 2.05) is 6.07 Å². The number of amides is 1. The van der Waals surface area contributed by atoms with Gasteiger partial charge in [-0.25, -0.2) is 13.1 Å². The lowest BCUT2D eigenvalue weighted by atomic mass is 10.2. The Bertz CT molecular complexity index is 849. The molecule has 0 radical (unpaired) electrons. The van der Waals surface area contributed by atoms with Crippen molar-refractivity contribution in [3.05, 3.63) is 45.1 Å². The minimum Gasteiger partial charge on any atom is -0.495 e. The van der Waals surface area contributed by atoms with Gasteiger partial charge >= 0.3 is 0 Å². The molecule has 6 nitrogen and oxygen atoms in total. The van der Waals surface area contributed by atoms with Crippen LogP contribution in [0.15, 0.2) is 35.2 Å². The molecule has 0 atom stereocenters. The molecule has 0 saturated heterocycles. The van der Waals surface area contributed by atoms with Crippen LogP contribution in [0.3, 0.4) is 0 Å². The number of sulfonamides is 1. The number of thiophene rings is 1. The minimum absolute atomic E-state index is 0.0779. The van der Waals surface area contributed by atoms with Gasteiger partial charge < -0.3 is 9.64 Å². The molecule has 0 aliphatic heterocycles. The molecule has 1 aromatic carbocycles. The van der Waals surface area contributed by atoms with Crippen molar-refractivity contribution in [1.82, 2.24) is 9.62 Å². The largest absolute Gasteiger partial charge is 0.495 e. The van der Waals surface area contributed by atoms with Crippen LogP contribution in [0.1, 0.15) is 15.2 Å². The van der Waals surface area contributed by atoms with Crippen molar-refractivity contribution in [3.63, 3.8) is 0 Å². The van der Waals surface area contributed by atoms with Crippen LogP contribution in [-0.2, 0) is 16.6 Å². The van der Waals surface area contributed by atoms with Crippen molar-refractivity contribution in [2.75, 3.05) is 21.2 Å². The molecule has 1 N–H and O–H groups in total. The third kappa shape index (κ3) is 4.07. The van der Waals surface area contributed by atoms with Crippen molar-refractivity contribution < 1.29 is 17.9 Å². The number of nitrogens with one attached hydrogen (secondary N) is 1. The summed E-state index contributed by atoms with van der Waals surface area (Å²) in [5.41, 5.74) is 0.259. The Labute approximate surface area is 150 Å². The van der Waals surface area contributed by atoms with Gasteiger partial charge in [-0.05, 0) is 37.4 Å². The lowest BCUT2D eigenvalue weighted by molar-refractivity contribution is 0.0786. The van der Waals surface area contributed by atoms with E-state index >= 15 is 0 Å². The summed E-state index contributed by atoms with van der Waals surface area (Å²) < 4.78 is 32.1. The van der Waals surface area contributed by atoms with Gasteiger partial charge in [-0.1, -0.05) is 11.6 Å². The molecular formula is C15H17ClN2O4S2. The second kappa shape index (κ2) is 7.52. The normalized spacial score (nSPS) is 11.3. The predicted octanol–water partition coefficient (Wildman–Crippen LogP) is 2.59. The third-order valence-electron chi connectivity index (χ3n) is 3.34. The molecule has 0 aliphatic carbocycles. The summed E-state index contributed by atoms with van der Waals surface area (Å²) in [5, 5.41) is 0. The molecule has 2 aromatic rings. The Kier molecular flexibility index (Phi) is 5.87. The smallest absolute Gasteiger partial charge is 0.253 e. The first-order valence-corrected chi connectivity index (χ1v) is 9.57. The summed E-state index contributed by atoms with van der Waals surface area (Å²) in [5.74, 6) is -0.122. The Balaban J connectivity index is 2.30. The molecule has 1 amide bonds. The van der Waals surface area contributed by atoms with Gasteiger partial charge in [-0.3, -0.25) is 4.79 Å². The molecule has 0 spiro atoms. The SMILES string of the molecule is CNS(=O)(=O)c1cc(C(=O)N(C)Cc2ccc(Cl)s2)ccc1OC. The minimum atomic E-state index is -3.74. The summed E-state index contributed by atoms with van der Waals surface area (Å²) in [4.78, 5) is 14.9. The van der Waals surface area contributed by atoms with Crippen LogP contribution < -0.4 is 9.46 Å². The fourth-order valence-electron chi connectivity index (χ4n) is 2.09.